The number of hydrogen-bond acceptors (Lipinski definition) is 3. The average Bonchev–Trinajstić information content (AvgIpc) is 2.46. The maximum Gasteiger partial charge on any atom is 0.0271 e. The molecular weight excluding hydrogens is 258 g/mol. The number of aromatic nitrogens is 1. The number of nitrogens with one attached hydrogen (secondary N) is 1. The van der Waals surface area contributed by atoms with Crippen LogP contribution in [-0.4, -0.2) is 36.1 Å². The third kappa shape index (κ3) is 4.27. The maximum atomic E-state index is 4.11. The van der Waals surface area contributed by atoms with Gasteiger partial charge < -0.3 is 5.32 Å². The standard InChI is InChI=1S/C18H31N3/c1-18(2,3)15-6-7-16(19-4)17(12-15)21(5)13-14-8-10-20-11-9-14/h8-11,15-17,19H,6-7,12-13H2,1-5H3. The van der Waals surface area contributed by atoms with Crippen molar-refractivity contribution in [2.75, 3.05) is 14.1 Å². The van der Waals surface area contributed by atoms with Gasteiger partial charge in [0.05, 0.1) is 0 Å². The fourth-order valence-corrected chi connectivity index (χ4v) is 3.65. The zero-order chi connectivity index (χ0) is 15.5. The molecule has 0 aromatic carbocycles. The predicted octanol–water partition coefficient (Wildman–Crippen LogP) is 3.32. The van der Waals surface area contributed by atoms with E-state index in [2.05, 4.69) is 62.2 Å². The minimum absolute atomic E-state index is 0.411. The van der Waals surface area contributed by atoms with Gasteiger partial charge in [-0.25, -0.2) is 0 Å². The van der Waals surface area contributed by atoms with Gasteiger partial charge in [-0.15, -0.1) is 0 Å². The Labute approximate surface area is 130 Å². The molecule has 3 atom stereocenters. The largest absolute Gasteiger partial charge is 0.315 e. The lowest BCUT2D eigenvalue weighted by Gasteiger charge is -2.45. The third-order valence-corrected chi connectivity index (χ3v) is 5.16. The Kier molecular flexibility index (Phi) is 5.39. The predicted molar refractivity (Wildman–Crippen MR) is 89.1 cm³/mol. The van der Waals surface area contributed by atoms with Gasteiger partial charge in [-0.3, -0.25) is 9.88 Å². The maximum absolute atomic E-state index is 4.11. The molecule has 118 valence electrons. The molecule has 1 fully saturated rings. The summed E-state index contributed by atoms with van der Waals surface area (Å²) in [5, 5.41) is 3.54. The zero-order valence-corrected chi connectivity index (χ0v) is 14.3. The molecule has 0 aliphatic heterocycles. The fourth-order valence-electron chi connectivity index (χ4n) is 3.65. The van der Waals surface area contributed by atoms with Crippen molar-refractivity contribution >= 4 is 0 Å². The van der Waals surface area contributed by atoms with E-state index in [9.17, 15) is 0 Å². The molecule has 1 heterocycles. The Morgan fingerprint density at radius 3 is 2.48 bits per heavy atom. The van der Waals surface area contributed by atoms with Gasteiger partial charge in [-0.2, -0.15) is 0 Å². The molecule has 0 bridgehead atoms. The summed E-state index contributed by atoms with van der Waals surface area (Å²) in [6, 6.07) is 5.46. The molecule has 1 aliphatic carbocycles. The highest BCUT2D eigenvalue weighted by molar-refractivity contribution is 5.10. The van der Waals surface area contributed by atoms with Crippen molar-refractivity contribution in [2.24, 2.45) is 11.3 Å². The second-order valence-corrected chi connectivity index (χ2v) is 7.61. The lowest BCUT2D eigenvalue weighted by Crippen LogP contribution is -2.52. The molecule has 2 rings (SSSR count). The van der Waals surface area contributed by atoms with Crippen molar-refractivity contribution in [3.63, 3.8) is 0 Å². The van der Waals surface area contributed by atoms with Gasteiger partial charge in [-0.1, -0.05) is 20.8 Å². The molecule has 3 heteroatoms. The Morgan fingerprint density at radius 2 is 1.90 bits per heavy atom. The molecule has 1 aromatic heterocycles. The number of likely N-dealkylation sites (N-methyl/N-ethyl adjacent to an activating group) is 2. The van der Waals surface area contributed by atoms with Crippen LogP contribution in [0.4, 0.5) is 0 Å². The van der Waals surface area contributed by atoms with Crippen LogP contribution in [0.25, 0.3) is 0 Å². The first kappa shape index (κ1) is 16.4. The van der Waals surface area contributed by atoms with Crippen LogP contribution in [0.2, 0.25) is 0 Å². The molecule has 0 amide bonds. The van der Waals surface area contributed by atoms with E-state index >= 15 is 0 Å². The van der Waals surface area contributed by atoms with Gasteiger partial charge in [0, 0.05) is 31.0 Å². The van der Waals surface area contributed by atoms with Crippen LogP contribution >= 0.6 is 0 Å². The lowest BCUT2D eigenvalue weighted by molar-refractivity contribution is 0.0711. The molecule has 21 heavy (non-hydrogen) atoms. The van der Waals surface area contributed by atoms with Crippen molar-refractivity contribution in [1.82, 2.24) is 15.2 Å². The number of hydrogen-bond donors (Lipinski definition) is 1. The first-order chi connectivity index (χ1) is 9.91. The topological polar surface area (TPSA) is 28.2 Å². The number of rotatable bonds is 4. The summed E-state index contributed by atoms with van der Waals surface area (Å²) in [6.45, 7) is 8.16. The van der Waals surface area contributed by atoms with Crippen LogP contribution in [0.3, 0.4) is 0 Å². The van der Waals surface area contributed by atoms with Crippen LogP contribution in [0.5, 0.6) is 0 Å². The first-order valence-corrected chi connectivity index (χ1v) is 8.18. The minimum Gasteiger partial charge on any atom is -0.315 e. The smallest absolute Gasteiger partial charge is 0.0271 e. The highest BCUT2D eigenvalue weighted by Crippen LogP contribution is 2.39. The summed E-state index contributed by atoms with van der Waals surface area (Å²) in [5.74, 6) is 0.812. The summed E-state index contributed by atoms with van der Waals surface area (Å²) >= 11 is 0. The highest BCUT2D eigenvalue weighted by atomic mass is 15.2. The van der Waals surface area contributed by atoms with Crippen molar-refractivity contribution in [1.29, 1.82) is 0 Å². The van der Waals surface area contributed by atoms with Crippen molar-refractivity contribution in [3.8, 4) is 0 Å². The van der Waals surface area contributed by atoms with E-state index in [1.54, 1.807) is 0 Å². The van der Waals surface area contributed by atoms with Gasteiger partial charge >= 0.3 is 0 Å². The molecule has 1 saturated carbocycles. The van der Waals surface area contributed by atoms with Crippen LogP contribution in [0.15, 0.2) is 24.5 Å². The van der Waals surface area contributed by atoms with Crippen LogP contribution in [0.1, 0.15) is 45.6 Å². The van der Waals surface area contributed by atoms with E-state index in [0.717, 1.165) is 12.5 Å². The summed E-state index contributed by atoms with van der Waals surface area (Å²) in [5.41, 5.74) is 1.76. The van der Waals surface area contributed by atoms with Gasteiger partial charge in [0.1, 0.15) is 0 Å². The van der Waals surface area contributed by atoms with Gasteiger partial charge in [0.2, 0.25) is 0 Å². The molecule has 1 aromatic rings. The van der Waals surface area contributed by atoms with E-state index in [4.69, 9.17) is 0 Å². The Hall–Kier alpha value is -0.930. The van der Waals surface area contributed by atoms with E-state index in [0.29, 0.717) is 17.5 Å². The summed E-state index contributed by atoms with van der Waals surface area (Å²) in [7, 11) is 4.37. The molecule has 0 spiro atoms. The van der Waals surface area contributed by atoms with E-state index < -0.39 is 0 Å². The number of pyridine rings is 1. The average molecular weight is 289 g/mol. The van der Waals surface area contributed by atoms with Gasteiger partial charge in [0.25, 0.3) is 0 Å². The van der Waals surface area contributed by atoms with E-state index in [1.165, 1.54) is 24.8 Å². The van der Waals surface area contributed by atoms with Gasteiger partial charge in [0.15, 0.2) is 0 Å². The van der Waals surface area contributed by atoms with E-state index in [-0.39, 0.29) is 0 Å². The third-order valence-electron chi connectivity index (χ3n) is 5.16. The minimum atomic E-state index is 0.411. The summed E-state index contributed by atoms with van der Waals surface area (Å²) < 4.78 is 0. The van der Waals surface area contributed by atoms with Crippen LogP contribution in [0, 0.1) is 11.3 Å². The quantitative estimate of drug-likeness (QED) is 0.921. The van der Waals surface area contributed by atoms with Crippen molar-refractivity contribution in [3.05, 3.63) is 30.1 Å². The van der Waals surface area contributed by atoms with Gasteiger partial charge in [-0.05, 0) is 62.4 Å². The Balaban J connectivity index is 2.06. The Morgan fingerprint density at radius 1 is 1.24 bits per heavy atom. The molecule has 0 saturated heterocycles. The molecule has 0 radical (unpaired) electrons. The second-order valence-electron chi connectivity index (χ2n) is 7.61. The molecule has 3 unspecified atom stereocenters. The van der Waals surface area contributed by atoms with Crippen LogP contribution < -0.4 is 5.32 Å². The molecule has 3 nitrogen and oxygen atoms in total. The summed E-state index contributed by atoms with van der Waals surface area (Å²) in [4.78, 5) is 6.63. The van der Waals surface area contributed by atoms with Crippen molar-refractivity contribution < 1.29 is 0 Å². The second kappa shape index (κ2) is 6.89. The van der Waals surface area contributed by atoms with Crippen LogP contribution in [-0.2, 0) is 6.54 Å². The molecular formula is C18H31N3. The monoisotopic (exact) mass is 289 g/mol. The first-order valence-electron chi connectivity index (χ1n) is 8.18. The SMILES string of the molecule is CNC1CCC(C(C)(C)C)CC1N(C)Cc1ccncc1. The molecule has 1 N–H and O–H groups in total. The highest BCUT2D eigenvalue weighted by Gasteiger charge is 2.36. The fraction of sp³-hybridized carbons (Fsp3) is 0.722. The zero-order valence-electron chi connectivity index (χ0n) is 14.3. The lowest BCUT2D eigenvalue weighted by atomic mass is 9.69. The number of nitrogens with zero attached hydrogens (tertiary/aromatic N) is 2. The van der Waals surface area contributed by atoms with Crippen molar-refractivity contribution in [2.45, 2.75) is 58.7 Å². The van der Waals surface area contributed by atoms with E-state index in [1.807, 2.05) is 12.4 Å². The molecule has 1 aliphatic rings. The summed E-state index contributed by atoms with van der Waals surface area (Å²) in [6.07, 6.45) is 7.68. The normalized spacial score (nSPS) is 27.0. The Bertz CT molecular complexity index is 424.